The Bertz CT molecular complexity index is 446. The molecule has 0 aliphatic carbocycles. The predicted octanol–water partition coefficient (Wildman–Crippen LogP) is 1.76. The van der Waals surface area contributed by atoms with E-state index in [2.05, 4.69) is 16.7 Å². The van der Waals surface area contributed by atoms with Crippen LogP contribution >= 0.6 is 0 Å². The highest BCUT2D eigenvalue weighted by molar-refractivity contribution is 5.81. The summed E-state index contributed by atoms with van der Waals surface area (Å²) >= 11 is 0. The molecule has 4 heteroatoms. The van der Waals surface area contributed by atoms with Crippen LogP contribution in [-0.4, -0.2) is 25.6 Å². The minimum absolute atomic E-state index is 0.0743. The zero-order valence-electron chi connectivity index (χ0n) is 11.7. The monoisotopic (exact) mass is 262 g/mol. The lowest BCUT2D eigenvalue weighted by Crippen LogP contribution is -2.42. The lowest BCUT2D eigenvalue weighted by Gasteiger charge is -2.15. The molecule has 1 fully saturated rings. The molecule has 1 aliphatic rings. The van der Waals surface area contributed by atoms with Crippen LogP contribution in [0.1, 0.15) is 30.4 Å². The summed E-state index contributed by atoms with van der Waals surface area (Å²) in [7, 11) is 1.68. The maximum absolute atomic E-state index is 11.8. The van der Waals surface area contributed by atoms with Crippen molar-refractivity contribution in [3.05, 3.63) is 29.3 Å². The number of amides is 1. The standard InChI is InChI=1S/C15H22N2O2/c1-11-6-7-12(9-14(11)19-2)10-17-13-5-3-4-8-16-15(13)18/h6-7,9,13,17H,3-5,8,10H2,1-2H3,(H,16,18)/t13-/m1/s1. The van der Waals surface area contributed by atoms with Gasteiger partial charge < -0.3 is 15.4 Å². The SMILES string of the molecule is COc1cc(CN[C@@H]2CCCCNC2=O)ccc1C. The fraction of sp³-hybridized carbons (Fsp3) is 0.533. The van der Waals surface area contributed by atoms with Crippen molar-refractivity contribution in [3.63, 3.8) is 0 Å². The first-order valence-corrected chi connectivity index (χ1v) is 6.85. The van der Waals surface area contributed by atoms with Crippen molar-refractivity contribution in [1.82, 2.24) is 10.6 Å². The number of benzene rings is 1. The lowest BCUT2D eigenvalue weighted by molar-refractivity contribution is -0.122. The molecule has 1 heterocycles. The van der Waals surface area contributed by atoms with Gasteiger partial charge in [-0.05, 0) is 43.4 Å². The number of ether oxygens (including phenoxy) is 1. The fourth-order valence-electron chi connectivity index (χ4n) is 2.35. The number of aryl methyl sites for hydroxylation is 1. The molecule has 1 atom stereocenters. The Morgan fingerprint density at radius 2 is 2.26 bits per heavy atom. The molecule has 1 aliphatic heterocycles. The minimum Gasteiger partial charge on any atom is -0.496 e. The number of hydrogen-bond acceptors (Lipinski definition) is 3. The number of carbonyl (C=O) groups is 1. The van der Waals surface area contributed by atoms with Gasteiger partial charge in [0, 0.05) is 13.1 Å². The van der Waals surface area contributed by atoms with Crippen molar-refractivity contribution in [2.75, 3.05) is 13.7 Å². The van der Waals surface area contributed by atoms with Gasteiger partial charge in [-0.3, -0.25) is 4.79 Å². The first kappa shape index (κ1) is 13.9. The van der Waals surface area contributed by atoms with Gasteiger partial charge in [0.05, 0.1) is 13.2 Å². The molecule has 2 rings (SSSR count). The van der Waals surface area contributed by atoms with Gasteiger partial charge in [0.1, 0.15) is 5.75 Å². The third-order valence-corrected chi connectivity index (χ3v) is 3.56. The van der Waals surface area contributed by atoms with Crippen LogP contribution in [0.3, 0.4) is 0 Å². The summed E-state index contributed by atoms with van der Waals surface area (Å²) < 4.78 is 5.31. The van der Waals surface area contributed by atoms with E-state index in [0.29, 0.717) is 6.54 Å². The van der Waals surface area contributed by atoms with Crippen molar-refractivity contribution in [3.8, 4) is 5.75 Å². The topological polar surface area (TPSA) is 50.4 Å². The van der Waals surface area contributed by atoms with Crippen molar-refractivity contribution >= 4 is 5.91 Å². The van der Waals surface area contributed by atoms with Gasteiger partial charge in [-0.15, -0.1) is 0 Å². The largest absolute Gasteiger partial charge is 0.496 e. The number of rotatable bonds is 4. The summed E-state index contributed by atoms with van der Waals surface area (Å²) in [5.41, 5.74) is 2.26. The third-order valence-electron chi connectivity index (χ3n) is 3.56. The molecular weight excluding hydrogens is 240 g/mol. The van der Waals surface area contributed by atoms with Gasteiger partial charge in [0.2, 0.25) is 5.91 Å². The molecular formula is C15H22N2O2. The van der Waals surface area contributed by atoms with E-state index in [1.54, 1.807) is 7.11 Å². The van der Waals surface area contributed by atoms with Crippen LogP contribution in [-0.2, 0) is 11.3 Å². The zero-order chi connectivity index (χ0) is 13.7. The van der Waals surface area contributed by atoms with E-state index >= 15 is 0 Å². The van der Waals surface area contributed by atoms with Crippen LogP contribution in [0.25, 0.3) is 0 Å². The maximum atomic E-state index is 11.8. The second-order valence-electron chi connectivity index (χ2n) is 5.02. The van der Waals surface area contributed by atoms with Crippen molar-refractivity contribution in [1.29, 1.82) is 0 Å². The van der Waals surface area contributed by atoms with Crippen LogP contribution in [0.5, 0.6) is 5.75 Å². The summed E-state index contributed by atoms with van der Waals surface area (Å²) in [6.45, 7) is 3.51. The summed E-state index contributed by atoms with van der Waals surface area (Å²) in [4.78, 5) is 11.8. The van der Waals surface area contributed by atoms with Crippen molar-refractivity contribution < 1.29 is 9.53 Å². The van der Waals surface area contributed by atoms with Gasteiger partial charge in [0.15, 0.2) is 0 Å². The van der Waals surface area contributed by atoms with Crippen molar-refractivity contribution in [2.24, 2.45) is 0 Å². The summed E-state index contributed by atoms with van der Waals surface area (Å²) in [5.74, 6) is 1.01. The molecule has 0 unspecified atom stereocenters. The number of methoxy groups -OCH3 is 1. The van der Waals surface area contributed by atoms with Crippen LogP contribution in [0.2, 0.25) is 0 Å². The van der Waals surface area contributed by atoms with Crippen LogP contribution in [0, 0.1) is 6.92 Å². The highest BCUT2D eigenvalue weighted by atomic mass is 16.5. The maximum Gasteiger partial charge on any atom is 0.237 e. The molecule has 1 aromatic rings. The molecule has 104 valence electrons. The first-order chi connectivity index (χ1) is 9.20. The molecule has 0 aromatic heterocycles. The Labute approximate surface area is 114 Å². The molecule has 4 nitrogen and oxygen atoms in total. The van der Waals surface area contributed by atoms with E-state index < -0.39 is 0 Å². The van der Waals surface area contributed by atoms with Crippen LogP contribution in [0.15, 0.2) is 18.2 Å². The highest BCUT2D eigenvalue weighted by Crippen LogP contribution is 2.19. The van der Waals surface area contributed by atoms with Gasteiger partial charge in [-0.2, -0.15) is 0 Å². The smallest absolute Gasteiger partial charge is 0.237 e. The van der Waals surface area contributed by atoms with Gasteiger partial charge in [0.25, 0.3) is 0 Å². The number of hydrogen-bond donors (Lipinski definition) is 2. The molecule has 0 saturated carbocycles. The molecule has 1 saturated heterocycles. The van der Waals surface area contributed by atoms with E-state index in [1.807, 2.05) is 19.1 Å². The van der Waals surface area contributed by atoms with E-state index in [4.69, 9.17) is 4.74 Å². The lowest BCUT2D eigenvalue weighted by atomic mass is 10.1. The Balaban J connectivity index is 1.95. The van der Waals surface area contributed by atoms with E-state index in [1.165, 1.54) is 0 Å². The Morgan fingerprint density at radius 3 is 3.05 bits per heavy atom. The summed E-state index contributed by atoms with van der Waals surface area (Å²) in [5, 5.41) is 6.27. The highest BCUT2D eigenvalue weighted by Gasteiger charge is 2.19. The number of carbonyl (C=O) groups excluding carboxylic acids is 1. The summed E-state index contributed by atoms with van der Waals surface area (Å²) in [6.07, 6.45) is 3.07. The molecule has 0 radical (unpaired) electrons. The fourth-order valence-corrected chi connectivity index (χ4v) is 2.35. The van der Waals surface area contributed by atoms with E-state index in [9.17, 15) is 4.79 Å². The zero-order valence-corrected chi connectivity index (χ0v) is 11.7. The van der Waals surface area contributed by atoms with Crippen molar-refractivity contribution in [2.45, 2.75) is 38.8 Å². The second-order valence-corrected chi connectivity index (χ2v) is 5.02. The number of nitrogens with one attached hydrogen (secondary N) is 2. The molecule has 1 aromatic carbocycles. The average molecular weight is 262 g/mol. The van der Waals surface area contributed by atoms with Gasteiger partial charge in [-0.1, -0.05) is 12.1 Å². The molecule has 0 bridgehead atoms. The molecule has 0 spiro atoms. The predicted molar refractivity (Wildman–Crippen MR) is 75.2 cm³/mol. The van der Waals surface area contributed by atoms with Gasteiger partial charge in [-0.25, -0.2) is 0 Å². The first-order valence-electron chi connectivity index (χ1n) is 6.85. The van der Waals surface area contributed by atoms with Crippen LogP contribution < -0.4 is 15.4 Å². The Morgan fingerprint density at radius 1 is 1.42 bits per heavy atom. The van der Waals surface area contributed by atoms with Gasteiger partial charge >= 0.3 is 0 Å². The molecule has 2 N–H and O–H groups in total. The average Bonchev–Trinajstić information content (AvgIpc) is 2.62. The van der Waals surface area contributed by atoms with E-state index in [0.717, 1.165) is 42.7 Å². The summed E-state index contributed by atoms with van der Waals surface area (Å²) in [6, 6.07) is 6.06. The minimum atomic E-state index is -0.0743. The van der Waals surface area contributed by atoms with E-state index in [-0.39, 0.29) is 11.9 Å². The van der Waals surface area contributed by atoms with Crippen LogP contribution in [0.4, 0.5) is 0 Å². The normalized spacial score (nSPS) is 19.7. The second kappa shape index (κ2) is 6.57. The molecule has 19 heavy (non-hydrogen) atoms. The Hall–Kier alpha value is -1.55. The Kier molecular flexibility index (Phi) is 4.80. The third kappa shape index (κ3) is 3.70. The molecule has 1 amide bonds. The quantitative estimate of drug-likeness (QED) is 0.869.